The van der Waals surface area contributed by atoms with Gasteiger partial charge in [-0.3, -0.25) is 4.79 Å². The molecule has 23 heavy (non-hydrogen) atoms. The summed E-state index contributed by atoms with van der Waals surface area (Å²) in [6, 6.07) is 9.94. The SMILES string of the molecule is O=C(C1[C@H]2CNC[C@@H]12)N1CCc2oc(-c3ccccc3)nc2C1. The third-order valence-electron chi connectivity index (χ3n) is 5.44. The monoisotopic (exact) mass is 309 g/mol. The molecular formula is C18H19N3O2. The van der Waals surface area contributed by atoms with Crippen molar-refractivity contribution in [2.24, 2.45) is 17.8 Å². The second kappa shape index (κ2) is 4.93. The largest absolute Gasteiger partial charge is 0.441 e. The maximum atomic E-state index is 12.7. The molecule has 2 aromatic rings. The molecule has 0 spiro atoms. The Hall–Kier alpha value is -2.14. The molecule has 1 aliphatic carbocycles. The molecule has 1 aromatic carbocycles. The summed E-state index contributed by atoms with van der Waals surface area (Å²) in [5.41, 5.74) is 1.91. The number of rotatable bonds is 2. The van der Waals surface area contributed by atoms with E-state index in [9.17, 15) is 4.79 Å². The van der Waals surface area contributed by atoms with Gasteiger partial charge >= 0.3 is 0 Å². The highest BCUT2D eigenvalue weighted by atomic mass is 16.4. The van der Waals surface area contributed by atoms with Gasteiger partial charge in [0.15, 0.2) is 0 Å². The first-order chi connectivity index (χ1) is 11.3. The molecule has 5 rings (SSSR count). The lowest BCUT2D eigenvalue weighted by Crippen LogP contribution is -2.38. The van der Waals surface area contributed by atoms with Gasteiger partial charge in [0.2, 0.25) is 11.8 Å². The van der Waals surface area contributed by atoms with Gasteiger partial charge in [-0.05, 0) is 37.1 Å². The molecular weight excluding hydrogens is 290 g/mol. The number of hydrogen-bond acceptors (Lipinski definition) is 4. The average Bonchev–Trinajstić information content (AvgIpc) is 2.95. The van der Waals surface area contributed by atoms with Gasteiger partial charge in [0, 0.05) is 24.4 Å². The molecule has 0 radical (unpaired) electrons. The predicted octanol–water partition coefficient (Wildman–Crippen LogP) is 1.69. The number of amides is 1. The third kappa shape index (κ3) is 2.10. The van der Waals surface area contributed by atoms with E-state index >= 15 is 0 Å². The Morgan fingerprint density at radius 2 is 2.00 bits per heavy atom. The lowest BCUT2D eigenvalue weighted by atomic mass is 10.1. The number of carbonyl (C=O) groups excluding carboxylic acids is 1. The molecule has 3 atom stereocenters. The van der Waals surface area contributed by atoms with Crippen LogP contribution in [0.2, 0.25) is 0 Å². The minimum absolute atomic E-state index is 0.248. The highest BCUT2D eigenvalue weighted by Crippen LogP contribution is 2.49. The summed E-state index contributed by atoms with van der Waals surface area (Å²) in [6.45, 7) is 3.34. The Morgan fingerprint density at radius 1 is 1.22 bits per heavy atom. The van der Waals surface area contributed by atoms with E-state index in [4.69, 9.17) is 4.42 Å². The van der Waals surface area contributed by atoms with Gasteiger partial charge in [0.25, 0.3) is 0 Å². The number of benzene rings is 1. The van der Waals surface area contributed by atoms with Crippen molar-refractivity contribution in [2.75, 3.05) is 19.6 Å². The van der Waals surface area contributed by atoms with Crippen molar-refractivity contribution in [3.05, 3.63) is 41.8 Å². The first-order valence-corrected chi connectivity index (χ1v) is 8.35. The van der Waals surface area contributed by atoms with Crippen molar-refractivity contribution < 1.29 is 9.21 Å². The van der Waals surface area contributed by atoms with Crippen LogP contribution in [0, 0.1) is 17.8 Å². The number of hydrogen-bond donors (Lipinski definition) is 1. The van der Waals surface area contributed by atoms with Crippen LogP contribution in [0.4, 0.5) is 0 Å². The summed E-state index contributed by atoms with van der Waals surface area (Å²) in [4.78, 5) is 19.3. The van der Waals surface area contributed by atoms with E-state index in [1.54, 1.807) is 0 Å². The molecule has 2 aliphatic heterocycles. The molecule has 5 heteroatoms. The molecule has 1 saturated heterocycles. The number of nitrogens with one attached hydrogen (secondary N) is 1. The van der Waals surface area contributed by atoms with E-state index in [-0.39, 0.29) is 5.92 Å². The standard InChI is InChI=1S/C18H19N3O2/c22-18(16-12-8-19-9-13(12)16)21-7-6-15-14(10-21)20-17(23-15)11-4-2-1-3-5-11/h1-5,12-13,16,19H,6-10H2/t12-,13+,16?. The zero-order chi connectivity index (χ0) is 15.4. The Labute approximate surface area is 134 Å². The first kappa shape index (κ1) is 13.3. The highest BCUT2D eigenvalue weighted by molar-refractivity contribution is 5.83. The molecule has 1 N–H and O–H groups in total. The molecule has 0 bridgehead atoms. The maximum absolute atomic E-state index is 12.7. The summed E-state index contributed by atoms with van der Waals surface area (Å²) in [5.74, 6) is 3.31. The second-order valence-electron chi connectivity index (χ2n) is 6.78. The Balaban J connectivity index is 1.35. The number of fused-ring (bicyclic) bond motifs is 2. The van der Waals surface area contributed by atoms with Crippen LogP contribution in [-0.4, -0.2) is 35.4 Å². The lowest BCUT2D eigenvalue weighted by molar-refractivity contribution is -0.134. The van der Waals surface area contributed by atoms with Gasteiger partial charge in [0.1, 0.15) is 11.5 Å². The van der Waals surface area contributed by atoms with Crippen LogP contribution < -0.4 is 5.32 Å². The van der Waals surface area contributed by atoms with Crippen molar-refractivity contribution in [3.8, 4) is 11.5 Å². The predicted molar refractivity (Wildman–Crippen MR) is 84.4 cm³/mol. The van der Waals surface area contributed by atoms with Crippen LogP contribution in [0.25, 0.3) is 11.5 Å². The van der Waals surface area contributed by atoms with E-state index in [2.05, 4.69) is 10.3 Å². The summed E-state index contributed by atoms with van der Waals surface area (Å²) in [5, 5.41) is 3.35. The number of piperidine rings is 1. The van der Waals surface area contributed by atoms with Crippen molar-refractivity contribution >= 4 is 5.91 Å². The Morgan fingerprint density at radius 3 is 2.78 bits per heavy atom. The topological polar surface area (TPSA) is 58.4 Å². The van der Waals surface area contributed by atoms with Crippen LogP contribution in [0.5, 0.6) is 0 Å². The molecule has 118 valence electrons. The molecule has 5 nitrogen and oxygen atoms in total. The third-order valence-corrected chi connectivity index (χ3v) is 5.44. The van der Waals surface area contributed by atoms with E-state index < -0.39 is 0 Å². The van der Waals surface area contributed by atoms with Crippen molar-refractivity contribution in [1.29, 1.82) is 0 Å². The van der Waals surface area contributed by atoms with Crippen molar-refractivity contribution in [1.82, 2.24) is 15.2 Å². The Kier molecular flexibility index (Phi) is 2.85. The molecule has 3 heterocycles. The van der Waals surface area contributed by atoms with Gasteiger partial charge < -0.3 is 14.6 Å². The van der Waals surface area contributed by atoms with Gasteiger partial charge in [-0.2, -0.15) is 0 Å². The molecule has 1 unspecified atom stereocenters. The van der Waals surface area contributed by atoms with E-state index in [1.165, 1.54) is 0 Å². The van der Waals surface area contributed by atoms with Crippen molar-refractivity contribution in [2.45, 2.75) is 13.0 Å². The van der Waals surface area contributed by atoms with Crippen LogP contribution in [-0.2, 0) is 17.8 Å². The van der Waals surface area contributed by atoms with E-state index in [1.807, 2.05) is 35.2 Å². The van der Waals surface area contributed by atoms with Crippen LogP contribution >= 0.6 is 0 Å². The first-order valence-electron chi connectivity index (χ1n) is 8.35. The summed E-state index contributed by atoms with van der Waals surface area (Å²) in [7, 11) is 0. The normalized spacial score (nSPS) is 28.3. The maximum Gasteiger partial charge on any atom is 0.226 e. The van der Waals surface area contributed by atoms with Gasteiger partial charge in [-0.15, -0.1) is 0 Å². The van der Waals surface area contributed by atoms with E-state index in [0.29, 0.717) is 30.2 Å². The molecule has 1 amide bonds. The average molecular weight is 309 g/mol. The Bertz CT molecular complexity index is 745. The van der Waals surface area contributed by atoms with Gasteiger partial charge in [-0.1, -0.05) is 18.2 Å². The van der Waals surface area contributed by atoms with Gasteiger partial charge in [-0.25, -0.2) is 4.98 Å². The highest BCUT2D eigenvalue weighted by Gasteiger charge is 2.58. The minimum atomic E-state index is 0.248. The summed E-state index contributed by atoms with van der Waals surface area (Å²) < 4.78 is 5.91. The number of oxazole rings is 1. The fourth-order valence-electron chi connectivity index (χ4n) is 4.09. The fraction of sp³-hybridized carbons (Fsp3) is 0.444. The van der Waals surface area contributed by atoms with Crippen LogP contribution in [0.1, 0.15) is 11.5 Å². The zero-order valence-corrected chi connectivity index (χ0v) is 12.9. The minimum Gasteiger partial charge on any atom is -0.441 e. The smallest absolute Gasteiger partial charge is 0.226 e. The lowest BCUT2D eigenvalue weighted by Gasteiger charge is -2.26. The molecule has 3 aliphatic rings. The summed E-state index contributed by atoms with van der Waals surface area (Å²) >= 11 is 0. The zero-order valence-electron chi connectivity index (χ0n) is 12.9. The van der Waals surface area contributed by atoms with Crippen LogP contribution in [0.15, 0.2) is 34.7 Å². The second-order valence-corrected chi connectivity index (χ2v) is 6.78. The molecule has 1 aromatic heterocycles. The van der Waals surface area contributed by atoms with E-state index in [0.717, 1.165) is 43.1 Å². The quantitative estimate of drug-likeness (QED) is 0.917. The molecule has 2 fully saturated rings. The number of carbonyl (C=O) groups is 1. The molecule has 1 saturated carbocycles. The number of nitrogens with zero attached hydrogens (tertiary/aromatic N) is 2. The summed E-state index contributed by atoms with van der Waals surface area (Å²) in [6.07, 6.45) is 0.765. The van der Waals surface area contributed by atoms with Crippen LogP contribution in [0.3, 0.4) is 0 Å². The fourth-order valence-corrected chi connectivity index (χ4v) is 4.09. The van der Waals surface area contributed by atoms with Gasteiger partial charge in [0.05, 0.1) is 6.54 Å². The number of aromatic nitrogens is 1. The van der Waals surface area contributed by atoms with Crippen molar-refractivity contribution in [3.63, 3.8) is 0 Å².